The highest BCUT2D eigenvalue weighted by Gasteiger charge is 2.15. The van der Waals surface area contributed by atoms with Crippen molar-refractivity contribution in [2.24, 2.45) is 0 Å². The van der Waals surface area contributed by atoms with E-state index in [0.29, 0.717) is 18.7 Å². The molecule has 1 aromatic carbocycles. The molecule has 1 aromatic heterocycles. The molecule has 0 amide bonds. The van der Waals surface area contributed by atoms with Gasteiger partial charge in [-0.05, 0) is 19.2 Å². The molecule has 0 saturated heterocycles. The lowest BCUT2D eigenvalue weighted by molar-refractivity contribution is 0.0659. The summed E-state index contributed by atoms with van der Waals surface area (Å²) in [6.45, 7) is 1.16. The number of carboxylic acids is 1. The number of carbonyl (C=O) groups is 1. The number of hydrogen-bond donors (Lipinski definition) is 1. The molecule has 20 heavy (non-hydrogen) atoms. The summed E-state index contributed by atoms with van der Waals surface area (Å²) in [6, 6.07) is 9.45. The number of aromatic carboxylic acids is 1. The second-order valence-electron chi connectivity index (χ2n) is 4.56. The molecule has 1 heterocycles. The molecule has 0 aliphatic carbocycles. The predicted molar refractivity (Wildman–Crippen MR) is 73.8 cm³/mol. The highest BCUT2D eigenvalue weighted by molar-refractivity contribution is 5.86. The van der Waals surface area contributed by atoms with Crippen molar-refractivity contribution in [3.8, 4) is 5.75 Å². The topological polar surface area (TPSA) is 62.9 Å². The number of furan rings is 1. The molecule has 2 rings (SSSR count). The van der Waals surface area contributed by atoms with Crippen molar-refractivity contribution in [2.75, 3.05) is 14.2 Å². The van der Waals surface area contributed by atoms with Gasteiger partial charge in [-0.15, -0.1) is 0 Å². The third-order valence-corrected chi connectivity index (χ3v) is 3.01. The third kappa shape index (κ3) is 3.19. The minimum absolute atomic E-state index is 0.00289. The van der Waals surface area contributed by atoms with Crippen molar-refractivity contribution in [3.63, 3.8) is 0 Å². The van der Waals surface area contributed by atoms with Gasteiger partial charge in [-0.2, -0.15) is 0 Å². The third-order valence-electron chi connectivity index (χ3n) is 3.01. The van der Waals surface area contributed by atoms with Crippen LogP contribution in [0.4, 0.5) is 0 Å². The van der Waals surface area contributed by atoms with Gasteiger partial charge in [0.15, 0.2) is 0 Å². The lowest BCUT2D eigenvalue weighted by Crippen LogP contribution is -2.18. The summed E-state index contributed by atoms with van der Waals surface area (Å²) in [5.41, 5.74) is 1.72. The highest BCUT2D eigenvalue weighted by Crippen LogP contribution is 2.20. The van der Waals surface area contributed by atoms with Crippen molar-refractivity contribution >= 4 is 5.97 Å². The minimum Gasteiger partial charge on any atom is -0.496 e. The first kappa shape index (κ1) is 14.1. The Bertz CT molecular complexity index is 591. The predicted octanol–water partition coefficient (Wildman–Crippen LogP) is 2.62. The zero-order valence-electron chi connectivity index (χ0n) is 11.5. The second-order valence-corrected chi connectivity index (χ2v) is 4.56. The molecule has 0 aliphatic rings. The second kappa shape index (κ2) is 6.25. The Morgan fingerprint density at radius 3 is 2.65 bits per heavy atom. The monoisotopic (exact) mass is 275 g/mol. The Morgan fingerprint density at radius 1 is 1.25 bits per heavy atom. The summed E-state index contributed by atoms with van der Waals surface area (Å²) < 4.78 is 10.3. The van der Waals surface area contributed by atoms with Crippen LogP contribution in [0.5, 0.6) is 5.75 Å². The van der Waals surface area contributed by atoms with Crippen LogP contribution in [0.25, 0.3) is 0 Å². The molecule has 0 spiro atoms. The van der Waals surface area contributed by atoms with Crippen LogP contribution in [0.2, 0.25) is 0 Å². The molecule has 0 bridgehead atoms. The first-order chi connectivity index (χ1) is 9.61. The van der Waals surface area contributed by atoms with E-state index in [2.05, 4.69) is 0 Å². The van der Waals surface area contributed by atoms with Crippen molar-refractivity contribution in [3.05, 3.63) is 53.5 Å². The maximum absolute atomic E-state index is 11.0. The lowest BCUT2D eigenvalue weighted by Gasteiger charge is -2.17. The summed E-state index contributed by atoms with van der Waals surface area (Å²) in [4.78, 5) is 13.0. The maximum Gasteiger partial charge on any atom is 0.372 e. The normalized spacial score (nSPS) is 10.8. The van der Waals surface area contributed by atoms with E-state index in [9.17, 15) is 4.79 Å². The van der Waals surface area contributed by atoms with Crippen LogP contribution < -0.4 is 4.74 Å². The van der Waals surface area contributed by atoms with Gasteiger partial charge in [0.1, 0.15) is 5.75 Å². The molecule has 2 aromatic rings. The van der Waals surface area contributed by atoms with Crippen LogP contribution in [0, 0.1) is 0 Å². The molecule has 5 heteroatoms. The number of hydrogen-bond acceptors (Lipinski definition) is 4. The number of benzene rings is 1. The molecule has 0 unspecified atom stereocenters. The molecule has 1 N–H and O–H groups in total. The van der Waals surface area contributed by atoms with Crippen LogP contribution in [0.15, 0.2) is 41.0 Å². The molecule has 0 saturated carbocycles. The summed E-state index contributed by atoms with van der Waals surface area (Å²) in [6.07, 6.45) is 1.40. The van der Waals surface area contributed by atoms with Crippen molar-refractivity contribution in [1.82, 2.24) is 4.90 Å². The standard InChI is InChI=1S/C15H17NO4/c1-16(9-11-5-3-4-6-13(11)19-2)10-12-7-8-20-14(12)15(17)18/h3-8H,9-10H2,1-2H3,(H,17,18). The van der Waals surface area contributed by atoms with E-state index in [1.165, 1.54) is 6.26 Å². The van der Waals surface area contributed by atoms with E-state index in [1.807, 2.05) is 36.2 Å². The number of ether oxygens (including phenoxy) is 1. The summed E-state index contributed by atoms with van der Waals surface area (Å²) in [5, 5.41) is 9.01. The molecule has 0 fully saturated rings. The molecular weight excluding hydrogens is 258 g/mol. The van der Waals surface area contributed by atoms with E-state index < -0.39 is 5.97 Å². The van der Waals surface area contributed by atoms with Gasteiger partial charge in [-0.1, -0.05) is 18.2 Å². The van der Waals surface area contributed by atoms with Gasteiger partial charge >= 0.3 is 5.97 Å². The Hall–Kier alpha value is -2.27. The van der Waals surface area contributed by atoms with Gasteiger partial charge in [0.05, 0.1) is 13.4 Å². The zero-order valence-corrected chi connectivity index (χ0v) is 11.5. The molecular formula is C15H17NO4. The van der Waals surface area contributed by atoms with Gasteiger partial charge in [0, 0.05) is 24.2 Å². The van der Waals surface area contributed by atoms with Crippen LogP contribution in [-0.4, -0.2) is 30.1 Å². The molecule has 0 aliphatic heterocycles. The number of methoxy groups -OCH3 is 1. The first-order valence-corrected chi connectivity index (χ1v) is 6.22. The quantitative estimate of drug-likeness (QED) is 0.878. The SMILES string of the molecule is COc1ccccc1CN(C)Cc1ccoc1C(=O)O. The van der Waals surface area contributed by atoms with E-state index in [4.69, 9.17) is 14.3 Å². The average Bonchev–Trinajstić information content (AvgIpc) is 2.87. The number of rotatable bonds is 6. The van der Waals surface area contributed by atoms with E-state index in [0.717, 1.165) is 11.3 Å². The molecule has 0 radical (unpaired) electrons. The zero-order chi connectivity index (χ0) is 14.5. The smallest absolute Gasteiger partial charge is 0.372 e. The summed E-state index contributed by atoms with van der Waals surface area (Å²) >= 11 is 0. The van der Waals surface area contributed by atoms with Crippen LogP contribution in [0.1, 0.15) is 21.7 Å². The van der Waals surface area contributed by atoms with Gasteiger partial charge in [0.25, 0.3) is 0 Å². The van der Waals surface area contributed by atoms with Gasteiger partial charge in [0.2, 0.25) is 5.76 Å². The number of carboxylic acid groups (broad SMARTS) is 1. The fourth-order valence-electron chi connectivity index (χ4n) is 2.12. The fourth-order valence-corrected chi connectivity index (χ4v) is 2.12. The minimum atomic E-state index is -1.05. The molecule has 5 nitrogen and oxygen atoms in total. The van der Waals surface area contributed by atoms with Gasteiger partial charge in [-0.25, -0.2) is 4.79 Å². The Kier molecular flexibility index (Phi) is 4.42. The van der Waals surface area contributed by atoms with E-state index in [-0.39, 0.29) is 5.76 Å². The lowest BCUT2D eigenvalue weighted by atomic mass is 10.1. The van der Waals surface area contributed by atoms with Crippen LogP contribution in [0.3, 0.4) is 0 Å². The average molecular weight is 275 g/mol. The summed E-state index contributed by atoms with van der Waals surface area (Å²) in [7, 11) is 3.56. The fraction of sp³-hybridized carbons (Fsp3) is 0.267. The maximum atomic E-state index is 11.0. The van der Waals surface area contributed by atoms with Crippen molar-refractivity contribution in [1.29, 1.82) is 0 Å². The first-order valence-electron chi connectivity index (χ1n) is 6.22. The largest absolute Gasteiger partial charge is 0.496 e. The van der Waals surface area contributed by atoms with E-state index in [1.54, 1.807) is 13.2 Å². The summed E-state index contributed by atoms with van der Waals surface area (Å²) in [5.74, 6) is -0.224. The Morgan fingerprint density at radius 2 is 1.95 bits per heavy atom. The van der Waals surface area contributed by atoms with Crippen LogP contribution in [-0.2, 0) is 13.1 Å². The van der Waals surface area contributed by atoms with Crippen LogP contribution >= 0.6 is 0 Å². The van der Waals surface area contributed by atoms with Crippen molar-refractivity contribution < 1.29 is 19.1 Å². The van der Waals surface area contributed by atoms with Gasteiger partial charge in [-0.3, -0.25) is 4.90 Å². The Balaban J connectivity index is 2.07. The number of para-hydroxylation sites is 1. The highest BCUT2D eigenvalue weighted by atomic mass is 16.5. The Labute approximate surface area is 117 Å². The van der Waals surface area contributed by atoms with E-state index >= 15 is 0 Å². The number of nitrogens with zero attached hydrogens (tertiary/aromatic N) is 1. The molecule has 106 valence electrons. The van der Waals surface area contributed by atoms with Gasteiger partial charge < -0.3 is 14.3 Å². The molecule has 0 atom stereocenters. The van der Waals surface area contributed by atoms with Crippen molar-refractivity contribution in [2.45, 2.75) is 13.1 Å².